The van der Waals surface area contributed by atoms with Crippen LogP contribution < -0.4 is 15.6 Å². The molecule has 4 aromatic carbocycles. The van der Waals surface area contributed by atoms with Gasteiger partial charge in [0.25, 0.3) is 42.3 Å². The van der Waals surface area contributed by atoms with E-state index in [-0.39, 0.29) is 21.1 Å². The van der Waals surface area contributed by atoms with Gasteiger partial charge in [-0.3, -0.25) is 24.0 Å². The number of carbonyl (C=O) groups excluding carboxylic acids is 5. The molecular weight excluding hydrogens is 668 g/mol. The molecule has 0 bridgehead atoms. The predicted molar refractivity (Wildman–Crippen MR) is 142 cm³/mol. The molecule has 0 aliphatic rings. The topological polar surface area (TPSA) is 94.6 Å². The van der Waals surface area contributed by atoms with Crippen molar-refractivity contribution in [2.45, 2.75) is 0 Å². The fraction of sp³-hybridized carbons (Fsp3) is 0. The summed E-state index contributed by atoms with van der Waals surface area (Å²) in [5.74, 6) is 0. The van der Waals surface area contributed by atoms with Gasteiger partial charge in [0.15, 0.2) is 6.61 Å². The molecule has 0 saturated heterocycles. The average Bonchev–Trinajstić information content (AvgIpc) is 3.04. The molecule has 186 valence electrons. The van der Waals surface area contributed by atoms with Crippen LogP contribution in [0.1, 0.15) is 5.56 Å². The van der Waals surface area contributed by atoms with E-state index in [0.717, 1.165) is 5.56 Å². The molecule has 4 aromatic rings. The summed E-state index contributed by atoms with van der Waals surface area (Å²) in [5, 5.41) is 3.60. The Morgan fingerprint density at radius 1 is 0.421 bits per heavy atom. The molecule has 0 amide bonds. The first-order valence-corrected chi connectivity index (χ1v) is 12.0. The number of rotatable bonds is 6. The minimum Gasteiger partial charge on any atom is -0.388 e. The van der Waals surface area contributed by atoms with Gasteiger partial charge in [-0.2, -0.15) is 0 Å². The molecule has 0 unspecified atom stereocenters. The van der Waals surface area contributed by atoms with Crippen LogP contribution in [-0.4, -0.2) is 42.3 Å². The molecule has 4 rings (SSSR count). The van der Waals surface area contributed by atoms with Crippen LogP contribution in [-0.2, 0) is 49.5 Å². The normalized spacial score (nSPS) is 8.53. The Labute approximate surface area is 240 Å². The van der Waals surface area contributed by atoms with Crippen LogP contribution in [0.5, 0.6) is 0 Å². The number of benzene rings is 4. The Morgan fingerprint density at radius 3 is 0.921 bits per heavy atom. The van der Waals surface area contributed by atoms with Gasteiger partial charge in [0.2, 0.25) is 0 Å². The van der Waals surface area contributed by atoms with Crippen LogP contribution in [0.25, 0.3) is 0 Å². The molecule has 12 radical (unpaired) electrons. The van der Waals surface area contributed by atoms with Gasteiger partial charge >= 0.3 is 0 Å². The monoisotopic (exact) mass is 688 g/mol. The van der Waals surface area contributed by atoms with E-state index in [9.17, 15) is 0 Å². The molecular formula is C30H20O6SiW. The number of hydrogen-bond donors (Lipinski definition) is 0. The van der Waals surface area contributed by atoms with E-state index < -0.39 is 8.32 Å². The van der Waals surface area contributed by atoms with Gasteiger partial charge in [0, 0.05) is 21.1 Å². The third kappa shape index (κ3) is 11.4. The van der Waals surface area contributed by atoms with Crippen molar-refractivity contribution in [1.29, 1.82) is 0 Å². The predicted octanol–water partition coefficient (Wildman–Crippen LogP) is 1.77. The molecule has 0 aromatic heterocycles. The standard InChI is InChI=1S/C25H20OSi.5CO.W/c1-5-13-22(14-6-1)21-26-27(23-15-7-2-8-16-23,24-17-9-3-10-18-24)25-19-11-4-12-20-25;5*1-2;/h1-20H;;;;;;. The van der Waals surface area contributed by atoms with Crippen molar-refractivity contribution in [2.75, 3.05) is 0 Å². The second kappa shape index (κ2) is 26.2. The van der Waals surface area contributed by atoms with E-state index in [1.54, 1.807) is 0 Å². The average molecular weight is 688 g/mol. The zero-order valence-electron chi connectivity index (χ0n) is 19.9. The van der Waals surface area contributed by atoms with E-state index in [0.29, 0.717) is 0 Å². The quantitative estimate of drug-likeness (QED) is 0.227. The van der Waals surface area contributed by atoms with Crippen LogP contribution in [0.4, 0.5) is 0 Å². The third-order valence-corrected chi connectivity index (χ3v) is 8.48. The van der Waals surface area contributed by atoms with Crippen molar-refractivity contribution in [2.24, 2.45) is 0 Å². The SMILES string of the molecule is [C](O[Si](c1ccccc1)(c1ccccc1)c1ccccc1)c1ccccc1.[C]=O.[C]=O.[C]=O.[C]=O.[C]=O.[W]. The van der Waals surface area contributed by atoms with E-state index in [4.69, 9.17) is 28.4 Å². The van der Waals surface area contributed by atoms with Gasteiger partial charge in [-0.15, -0.1) is 0 Å². The van der Waals surface area contributed by atoms with Crippen LogP contribution in [0, 0.1) is 6.61 Å². The first-order chi connectivity index (χ1) is 18.4. The number of hydrogen-bond acceptors (Lipinski definition) is 6. The minimum absolute atomic E-state index is 0. The molecule has 0 spiro atoms. The molecule has 0 saturated carbocycles. The molecule has 0 atom stereocenters. The Balaban J connectivity index is -0.00000100. The van der Waals surface area contributed by atoms with Gasteiger partial charge in [-0.25, -0.2) is 0 Å². The summed E-state index contributed by atoms with van der Waals surface area (Å²) in [5.41, 5.74) is 0.942. The Morgan fingerprint density at radius 2 is 0.658 bits per heavy atom. The van der Waals surface area contributed by atoms with Crippen LogP contribution in [0.2, 0.25) is 0 Å². The second-order valence-corrected chi connectivity index (χ2v) is 9.65. The largest absolute Gasteiger partial charge is 0.388 e. The van der Waals surface area contributed by atoms with Crippen molar-refractivity contribution in [1.82, 2.24) is 0 Å². The molecule has 0 aliphatic heterocycles. The van der Waals surface area contributed by atoms with Gasteiger partial charge in [-0.1, -0.05) is 121 Å². The van der Waals surface area contributed by atoms with E-state index in [2.05, 4.69) is 113 Å². The zero-order chi connectivity index (χ0) is 28.4. The zero-order valence-corrected chi connectivity index (χ0v) is 23.8. The van der Waals surface area contributed by atoms with Gasteiger partial charge < -0.3 is 4.43 Å². The molecule has 0 heterocycles. The maximum atomic E-state index is 7.50. The van der Waals surface area contributed by atoms with Gasteiger partial charge in [-0.05, 0) is 21.1 Å². The molecule has 8 heteroatoms. The first-order valence-electron chi connectivity index (χ1n) is 10.1. The summed E-state index contributed by atoms with van der Waals surface area (Å²) < 4.78 is 6.66. The third-order valence-electron chi connectivity index (χ3n) is 4.64. The van der Waals surface area contributed by atoms with Crippen LogP contribution in [0.15, 0.2) is 121 Å². The summed E-state index contributed by atoms with van der Waals surface area (Å²) in [7, 11) is -2.72. The second-order valence-electron chi connectivity index (χ2n) is 6.35. The van der Waals surface area contributed by atoms with Gasteiger partial charge in [0.05, 0.1) is 0 Å². The molecule has 0 fully saturated rings. The maximum Gasteiger partial charge on any atom is 0.289 e. The summed E-state index contributed by atoms with van der Waals surface area (Å²) in [6.45, 7) is 25.7. The van der Waals surface area contributed by atoms with E-state index in [1.807, 2.05) is 48.5 Å². The first kappa shape index (κ1) is 38.6. The van der Waals surface area contributed by atoms with E-state index >= 15 is 0 Å². The van der Waals surface area contributed by atoms with Crippen molar-refractivity contribution in [3.8, 4) is 0 Å². The molecule has 6 nitrogen and oxygen atoms in total. The molecule has 0 aliphatic carbocycles. The van der Waals surface area contributed by atoms with Crippen molar-refractivity contribution >= 4 is 57.8 Å². The fourth-order valence-electron chi connectivity index (χ4n) is 3.34. The maximum absolute atomic E-state index is 7.50. The van der Waals surface area contributed by atoms with Crippen molar-refractivity contribution in [3.05, 3.63) is 133 Å². The van der Waals surface area contributed by atoms with Crippen LogP contribution >= 0.6 is 0 Å². The fourth-order valence-corrected chi connectivity index (χ4v) is 6.95. The van der Waals surface area contributed by atoms with Crippen molar-refractivity contribution in [3.63, 3.8) is 0 Å². The summed E-state index contributed by atoms with van der Waals surface area (Å²) >= 11 is 0. The summed E-state index contributed by atoms with van der Waals surface area (Å²) in [6.07, 6.45) is 0. The van der Waals surface area contributed by atoms with Gasteiger partial charge in [0.1, 0.15) is 0 Å². The van der Waals surface area contributed by atoms with E-state index in [1.165, 1.54) is 15.6 Å². The summed E-state index contributed by atoms with van der Waals surface area (Å²) in [4.78, 5) is 37.5. The smallest absolute Gasteiger partial charge is 0.289 e. The van der Waals surface area contributed by atoms with Crippen molar-refractivity contribution < 1.29 is 49.5 Å². The Kier molecular flexibility index (Phi) is 26.6. The minimum atomic E-state index is -2.72. The Hall–Kier alpha value is -3.90. The van der Waals surface area contributed by atoms with Crippen LogP contribution in [0.3, 0.4) is 0 Å². The molecule has 38 heavy (non-hydrogen) atoms. The molecule has 0 N–H and O–H groups in total. The Bertz CT molecular complexity index is 949. The summed E-state index contributed by atoms with van der Waals surface area (Å²) in [6, 6.07) is 41.6.